The molecule has 3 nitrogen and oxygen atoms in total. The van der Waals surface area contributed by atoms with Crippen LogP contribution in [-0.2, 0) is 11.2 Å². The number of amides is 1. The van der Waals surface area contributed by atoms with E-state index in [4.69, 9.17) is 16.3 Å². The number of methoxy groups -OCH3 is 1. The molecule has 3 rings (SSSR count). The lowest BCUT2D eigenvalue weighted by molar-refractivity contribution is -0.117. The number of anilines is 1. The Kier molecular flexibility index (Phi) is 2.97. The Morgan fingerprint density at radius 1 is 1.47 bits per heavy atom. The van der Waals surface area contributed by atoms with E-state index >= 15 is 0 Å². The van der Waals surface area contributed by atoms with Crippen molar-refractivity contribution in [2.75, 3.05) is 12.0 Å². The Balaban J connectivity index is 2.13. The first-order valence-corrected chi connectivity index (χ1v) is 7.06. The van der Waals surface area contributed by atoms with E-state index in [-0.39, 0.29) is 16.8 Å². The number of carbonyl (C=O) groups excluding carboxylic acids is 1. The third kappa shape index (κ3) is 2.20. The Labute approximate surface area is 118 Å². The van der Waals surface area contributed by atoms with Gasteiger partial charge in [-0.25, -0.2) is 0 Å². The second-order valence-corrected chi connectivity index (χ2v) is 6.66. The van der Waals surface area contributed by atoms with Crippen LogP contribution < -0.4 is 9.64 Å². The topological polar surface area (TPSA) is 29.5 Å². The van der Waals surface area contributed by atoms with Crippen LogP contribution in [0.3, 0.4) is 0 Å². The van der Waals surface area contributed by atoms with Crippen LogP contribution in [0.5, 0.6) is 5.75 Å². The zero-order valence-corrected chi connectivity index (χ0v) is 12.0. The van der Waals surface area contributed by atoms with Gasteiger partial charge in [-0.1, -0.05) is 6.07 Å². The van der Waals surface area contributed by atoms with Crippen LogP contribution >= 0.6 is 11.6 Å². The molecule has 2 aliphatic rings. The third-order valence-electron chi connectivity index (χ3n) is 4.10. The van der Waals surface area contributed by atoms with Crippen molar-refractivity contribution in [1.29, 1.82) is 0 Å². The fourth-order valence-electron chi connectivity index (χ4n) is 3.27. The van der Waals surface area contributed by atoms with E-state index < -0.39 is 0 Å². The average molecular weight is 280 g/mol. The zero-order valence-electron chi connectivity index (χ0n) is 11.3. The molecule has 4 heteroatoms. The molecule has 2 atom stereocenters. The van der Waals surface area contributed by atoms with Crippen molar-refractivity contribution in [3.63, 3.8) is 0 Å². The van der Waals surface area contributed by atoms with Crippen molar-refractivity contribution in [2.45, 2.75) is 43.5 Å². The SMILES string of the molecule is COc1ccc2c(c1)N1C(=O)CC[C@@H]1C[C@@](C)(Cl)C2. The molecule has 2 heterocycles. The highest BCUT2D eigenvalue weighted by molar-refractivity contribution is 6.24. The summed E-state index contributed by atoms with van der Waals surface area (Å²) in [5.41, 5.74) is 2.12. The van der Waals surface area contributed by atoms with E-state index in [1.807, 2.05) is 23.1 Å². The highest BCUT2D eigenvalue weighted by Gasteiger charge is 2.41. The van der Waals surface area contributed by atoms with E-state index in [0.29, 0.717) is 6.42 Å². The number of alkyl halides is 1. The van der Waals surface area contributed by atoms with Crippen LogP contribution in [0.15, 0.2) is 18.2 Å². The van der Waals surface area contributed by atoms with Crippen LogP contribution in [0.1, 0.15) is 31.7 Å². The molecule has 1 fully saturated rings. The van der Waals surface area contributed by atoms with Crippen molar-refractivity contribution < 1.29 is 9.53 Å². The monoisotopic (exact) mass is 279 g/mol. The molecule has 1 amide bonds. The minimum atomic E-state index is -0.284. The van der Waals surface area contributed by atoms with Gasteiger partial charge in [0.15, 0.2) is 0 Å². The Hall–Kier alpha value is -1.22. The second-order valence-electron chi connectivity index (χ2n) is 5.75. The van der Waals surface area contributed by atoms with Crippen LogP contribution in [0, 0.1) is 0 Å². The minimum absolute atomic E-state index is 0.203. The van der Waals surface area contributed by atoms with E-state index in [0.717, 1.165) is 36.3 Å². The molecule has 1 saturated heterocycles. The summed E-state index contributed by atoms with van der Waals surface area (Å²) in [5, 5.41) is 0. The molecule has 0 saturated carbocycles. The van der Waals surface area contributed by atoms with Crippen LogP contribution in [0.2, 0.25) is 0 Å². The van der Waals surface area contributed by atoms with Gasteiger partial charge in [-0.05, 0) is 37.8 Å². The lowest BCUT2D eigenvalue weighted by atomic mass is 9.94. The predicted octanol–water partition coefficient (Wildman–Crippen LogP) is 3.13. The molecule has 0 aromatic heterocycles. The number of fused-ring (bicyclic) bond motifs is 3. The first-order valence-electron chi connectivity index (χ1n) is 6.68. The normalized spacial score (nSPS) is 29.7. The highest BCUT2D eigenvalue weighted by atomic mass is 35.5. The smallest absolute Gasteiger partial charge is 0.227 e. The first kappa shape index (κ1) is 12.8. The summed E-state index contributed by atoms with van der Waals surface area (Å²) in [4.78, 5) is 13.8. The Morgan fingerprint density at radius 3 is 3.00 bits per heavy atom. The molecular formula is C15H18ClNO2. The van der Waals surface area contributed by atoms with Gasteiger partial charge in [-0.2, -0.15) is 0 Å². The highest BCUT2D eigenvalue weighted by Crippen LogP contribution is 2.42. The van der Waals surface area contributed by atoms with Gasteiger partial charge >= 0.3 is 0 Å². The van der Waals surface area contributed by atoms with Gasteiger partial charge in [-0.3, -0.25) is 4.79 Å². The summed E-state index contributed by atoms with van der Waals surface area (Å²) >= 11 is 6.62. The standard InChI is InChI=1S/C15H18ClNO2/c1-15(16)8-10-3-5-12(19-2)7-13(10)17-11(9-15)4-6-14(17)18/h3,5,7,11H,4,6,8-9H2,1-2H3/t11-,15+/m1/s1. The Morgan fingerprint density at radius 2 is 2.26 bits per heavy atom. The number of benzene rings is 1. The molecule has 0 spiro atoms. The van der Waals surface area contributed by atoms with Gasteiger partial charge in [0.05, 0.1) is 12.8 Å². The van der Waals surface area contributed by atoms with E-state index in [1.165, 1.54) is 0 Å². The van der Waals surface area contributed by atoms with Crippen molar-refractivity contribution in [1.82, 2.24) is 0 Å². The molecule has 0 unspecified atom stereocenters. The van der Waals surface area contributed by atoms with Crippen molar-refractivity contribution in [3.05, 3.63) is 23.8 Å². The fraction of sp³-hybridized carbons (Fsp3) is 0.533. The molecular weight excluding hydrogens is 262 g/mol. The van der Waals surface area contributed by atoms with Gasteiger partial charge in [0.25, 0.3) is 0 Å². The maximum absolute atomic E-state index is 12.2. The van der Waals surface area contributed by atoms with Crippen molar-refractivity contribution in [2.24, 2.45) is 0 Å². The average Bonchev–Trinajstić information content (AvgIpc) is 2.64. The zero-order chi connectivity index (χ0) is 13.6. The predicted molar refractivity (Wildman–Crippen MR) is 76.1 cm³/mol. The van der Waals surface area contributed by atoms with Crippen LogP contribution in [0.4, 0.5) is 5.69 Å². The summed E-state index contributed by atoms with van der Waals surface area (Å²) in [6, 6.07) is 6.16. The van der Waals surface area contributed by atoms with Gasteiger partial charge in [-0.15, -0.1) is 11.6 Å². The number of rotatable bonds is 1. The summed E-state index contributed by atoms with van der Waals surface area (Å²) in [6.45, 7) is 2.06. The molecule has 0 aliphatic carbocycles. The fourth-order valence-corrected chi connectivity index (χ4v) is 3.59. The lowest BCUT2D eigenvalue weighted by Gasteiger charge is -2.26. The quantitative estimate of drug-likeness (QED) is 0.739. The summed E-state index contributed by atoms with van der Waals surface area (Å²) in [6.07, 6.45) is 3.15. The molecule has 0 radical (unpaired) electrons. The summed E-state index contributed by atoms with van der Waals surface area (Å²) in [5.74, 6) is 0.990. The number of hydrogen-bond donors (Lipinski definition) is 0. The summed E-state index contributed by atoms with van der Waals surface area (Å²) < 4.78 is 5.29. The van der Waals surface area contributed by atoms with Gasteiger partial charge < -0.3 is 9.64 Å². The maximum Gasteiger partial charge on any atom is 0.227 e. The number of carbonyl (C=O) groups is 1. The number of hydrogen-bond acceptors (Lipinski definition) is 2. The minimum Gasteiger partial charge on any atom is -0.497 e. The van der Waals surface area contributed by atoms with E-state index in [1.54, 1.807) is 7.11 Å². The molecule has 102 valence electrons. The second kappa shape index (κ2) is 4.41. The molecule has 1 aromatic rings. The molecule has 0 bridgehead atoms. The lowest BCUT2D eigenvalue weighted by Crippen LogP contribution is -2.35. The largest absolute Gasteiger partial charge is 0.497 e. The maximum atomic E-state index is 12.2. The number of nitrogens with zero attached hydrogens (tertiary/aromatic N) is 1. The molecule has 19 heavy (non-hydrogen) atoms. The first-order chi connectivity index (χ1) is 9.00. The third-order valence-corrected chi connectivity index (χ3v) is 4.39. The van der Waals surface area contributed by atoms with Gasteiger partial charge in [0, 0.05) is 23.4 Å². The molecule has 1 aromatic carbocycles. The van der Waals surface area contributed by atoms with Crippen LogP contribution in [-0.4, -0.2) is 23.9 Å². The van der Waals surface area contributed by atoms with Crippen LogP contribution in [0.25, 0.3) is 0 Å². The van der Waals surface area contributed by atoms with Crippen molar-refractivity contribution in [3.8, 4) is 5.75 Å². The summed E-state index contributed by atoms with van der Waals surface area (Å²) in [7, 11) is 1.65. The number of halogens is 1. The van der Waals surface area contributed by atoms with Gasteiger partial charge in [0.2, 0.25) is 5.91 Å². The number of ether oxygens (including phenoxy) is 1. The Bertz CT molecular complexity index is 527. The van der Waals surface area contributed by atoms with Crippen molar-refractivity contribution >= 4 is 23.2 Å². The molecule has 0 N–H and O–H groups in total. The van der Waals surface area contributed by atoms with Gasteiger partial charge in [0.1, 0.15) is 5.75 Å². The van der Waals surface area contributed by atoms with E-state index in [9.17, 15) is 4.79 Å². The molecule has 2 aliphatic heterocycles. The van der Waals surface area contributed by atoms with E-state index in [2.05, 4.69) is 6.92 Å².